The Labute approximate surface area is 127 Å². The van der Waals surface area contributed by atoms with Crippen LogP contribution in [0.15, 0.2) is 30.3 Å². The zero-order valence-corrected chi connectivity index (χ0v) is 12.5. The molecule has 0 spiro atoms. The molecule has 0 unspecified atom stereocenters. The second kappa shape index (κ2) is 5.73. The van der Waals surface area contributed by atoms with E-state index >= 15 is 0 Å². The SMILES string of the molecule is Cc1cc(NC(=O)c2cc(Cl)cc(Cl)c2)c(C)cc1O. The minimum atomic E-state index is -0.303. The van der Waals surface area contributed by atoms with Crippen LogP contribution >= 0.6 is 23.2 Å². The van der Waals surface area contributed by atoms with Crippen molar-refractivity contribution >= 4 is 34.8 Å². The Morgan fingerprint density at radius 3 is 2.20 bits per heavy atom. The van der Waals surface area contributed by atoms with Crippen molar-refractivity contribution in [2.75, 3.05) is 5.32 Å². The molecule has 0 saturated heterocycles. The minimum absolute atomic E-state index is 0.200. The van der Waals surface area contributed by atoms with Crippen molar-refractivity contribution in [2.45, 2.75) is 13.8 Å². The predicted molar refractivity (Wildman–Crippen MR) is 82.0 cm³/mol. The van der Waals surface area contributed by atoms with Gasteiger partial charge in [0.05, 0.1) is 0 Å². The Hall–Kier alpha value is -1.71. The van der Waals surface area contributed by atoms with Gasteiger partial charge in [-0.1, -0.05) is 23.2 Å². The summed E-state index contributed by atoms with van der Waals surface area (Å²) in [5.41, 5.74) is 2.48. The Bertz CT molecular complexity index is 664. The van der Waals surface area contributed by atoms with Crippen LogP contribution in [-0.2, 0) is 0 Å². The molecule has 2 aromatic rings. The van der Waals surface area contributed by atoms with E-state index in [0.717, 1.165) is 5.56 Å². The van der Waals surface area contributed by atoms with Gasteiger partial charge in [-0.05, 0) is 55.3 Å². The number of hydrogen-bond acceptors (Lipinski definition) is 2. The Morgan fingerprint density at radius 2 is 1.60 bits per heavy atom. The van der Waals surface area contributed by atoms with Crippen LogP contribution < -0.4 is 5.32 Å². The van der Waals surface area contributed by atoms with Crippen LogP contribution in [0.3, 0.4) is 0 Å². The summed E-state index contributed by atoms with van der Waals surface area (Å²) in [6.45, 7) is 3.57. The lowest BCUT2D eigenvalue weighted by molar-refractivity contribution is 0.102. The number of nitrogens with one attached hydrogen (secondary N) is 1. The lowest BCUT2D eigenvalue weighted by Crippen LogP contribution is -2.13. The number of halogens is 2. The third-order valence-corrected chi connectivity index (χ3v) is 3.35. The van der Waals surface area contributed by atoms with Gasteiger partial charge in [-0.3, -0.25) is 4.79 Å². The predicted octanol–water partition coefficient (Wildman–Crippen LogP) is 4.57. The molecule has 5 heteroatoms. The molecular weight excluding hydrogens is 297 g/mol. The lowest BCUT2D eigenvalue weighted by Gasteiger charge is -2.11. The van der Waals surface area contributed by atoms with Crippen molar-refractivity contribution in [2.24, 2.45) is 0 Å². The molecular formula is C15H13Cl2NO2. The number of anilines is 1. The van der Waals surface area contributed by atoms with Gasteiger partial charge in [0.2, 0.25) is 0 Å². The highest BCUT2D eigenvalue weighted by molar-refractivity contribution is 6.35. The molecule has 0 fully saturated rings. The summed E-state index contributed by atoms with van der Waals surface area (Å²) in [4.78, 5) is 12.2. The molecule has 2 aromatic carbocycles. The van der Waals surface area contributed by atoms with Crippen molar-refractivity contribution in [3.05, 3.63) is 57.1 Å². The number of amides is 1. The molecule has 2 rings (SSSR count). The topological polar surface area (TPSA) is 49.3 Å². The van der Waals surface area contributed by atoms with Crippen LogP contribution in [0.1, 0.15) is 21.5 Å². The van der Waals surface area contributed by atoms with Crippen LogP contribution in [-0.4, -0.2) is 11.0 Å². The first-order chi connectivity index (χ1) is 9.36. The number of rotatable bonds is 2. The molecule has 104 valence electrons. The van der Waals surface area contributed by atoms with Gasteiger partial charge in [-0.25, -0.2) is 0 Å². The first kappa shape index (κ1) is 14.7. The van der Waals surface area contributed by atoms with Gasteiger partial charge >= 0.3 is 0 Å². The van der Waals surface area contributed by atoms with Gasteiger partial charge in [0.25, 0.3) is 5.91 Å². The number of phenols is 1. The van der Waals surface area contributed by atoms with Crippen molar-refractivity contribution in [1.29, 1.82) is 0 Å². The van der Waals surface area contributed by atoms with Crippen LogP contribution in [0.5, 0.6) is 5.75 Å². The van der Waals surface area contributed by atoms with E-state index in [0.29, 0.717) is 26.9 Å². The molecule has 0 atom stereocenters. The molecule has 0 saturated carbocycles. The van der Waals surface area contributed by atoms with Crippen LogP contribution in [0.4, 0.5) is 5.69 Å². The fraction of sp³-hybridized carbons (Fsp3) is 0.133. The number of hydrogen-bond donors (Lipinski definition) is 2. The second-order valence-electron chi connectivity index (χ2n) is 4.57. The summed E-state index contributed by atoms with van der Waals surface area (Å²) < 4.78 is 0. The maximum absolute atomic E-state index is 12.2. The smallest absolute Gasteiger partial charge is 0.255 e. The summed E-state index contributed by atoms with van der Waals surface area (Å²) in [5, 5.41) is 13.2. The van der Waals surface area contributed by atoms with Gasteiger partial charge in [0.15, 0.2) is 0 Å². The zero-order chi connectivity index (χ0) is 14.9. The lowest BCUT2D eigenvalue weighted by atomic mass is 10.1. The van der Waals surface area contributed by atoms with E-state index in [1.165, 1.54) is 0 Å². The van der Waals surface area contributed by atoms with E-state index in [9.17, 15) is 9.90 Å². The quantitative estimate of drug-likeness (QED) is 0.798. The molecule has 0 radical (unpaired) electrons. The number of phenolic OH excluding ortho intramolecular Hbond substituents is 1. The average molecular weight is 310 g/mol. The van der Waals surface area contributed by atoms with Gasteiger partial charge < -0.3 is 10.4 Å². The van der Waals surface area contributed by atoms with E-state index in [2.05, 4.69) is 5.32 Å². The van der Waals surface area contributed by atoms with Gasteiger partial charge in [0, 0.05) is 21.3 Å². The highest BCUT2D eigenvalue weighted by Gasteiger charge is 2.11. The monoisotopic (exact) mass is 309 g/mol. The van der Waals surface area contributed by atoms with Crippen molar-refractivity contribution in [3.63, 3.8) is 0 Å². The van der Waals surface area contributed by atoms with Gasteiger partial charge in [-0.15, -0.1) is 0 Å². The summed E-state index contributed by atoms with van der Waals surface area (Å²) in [6, 6.07) is 7.98. The molecule has 20 heavy (non-hydrogen) atoms. The van der Waals surface area contributed by atoms with E-state index in [-0.39, 0.29) is 11.7 Å². The minimum Gasteiger partial charge on any atom is -0.508 e. The first-order valence-electron chi connectivity index (χ1n) is 5.94. The Balaban J connectivity index is 2.30. The maximum Gasteiger partial charge on any atom is 0.255 e. The molecule has 0 aliphatic heterocycles. The molecule has 3 nitrogen and oxygen atoms in total. The van der Waals surface area contributed by atoms with Crippen LogP contribution in [0, 0.1) is 13.8 Å². The molecule has 0 heterocycles. The normalized spacial score (nSPS) is 10.4. The number of benzene rings is 2. The van der Waals surface area contributed by atoms with Crippen molar-refractivity contribution in [3.8, 4) is 5.75 Å². The first-order valence-corrected chi connectivity index (χ1v) is 6.70. The van der Waals surface area contributed by atoms with Crippen LogP contribution in [0.25, 0.3) is 0 Å². The summed E-state index contributed by atoms with van der Waals surface area (Å²) in [7, 11) is 0. The Kier molecular flexibility index (Phi) is 4.21. The molecule has 0 aromatic heterocycles. The number of carbonyl (C=O) groups excluding carboxylic acids is 1. The van der Waals surface area contributed by atoms with Gasteiger partial charge in [0.1, 0.15) is 5.75 Å². The third-order valence-electron chi connectivity index (χ3n) is 2.92. The fourth-order valence-corrected chi connectivity index (χ4v) is 2.34. The third kappa shape index (κ3) is 3.24. The second-order valence-corrected chi connectivity index (χ2v) is 5.44. The van der Waals surface area contributed by atoms with Crippen molar-refractivity contribution < 1.29 is 9.90 Å². The molecule has 2 N–H and O–H groups in total. The summed E-state index contributed by atoms with van der Waals surface area (Å²) in [5.74, 6) is -0.103. The Morgan fingerprint density at radius 1 is 1.00 bits per heavy atom. The van der Waals surface area contributed by atoms with E-state index in [4.69, 9.17) is 23.2 Å². The number of aryl methyl sites for hydroxylation is 2. The molecule has 0 aliphatic carbocycles. The number of carbonyl (C=O) groups is 1. The van der Waals surface area contributed by atoms with E-state index in [1.54, 1.807) is 44.2 Å². The maximum atomic E-state index is 12.2. The largest absolute Gasteiger partial charge is 0.508 e. The van der Waals surface area contributed by atoms with Crippen molar-refractivity contribution in [1.82, 2.24) is 0 Å². The highest BCUT2D eigenvalue weighted by atomic mass is 35.5. The van der Waals surface area contributed by atoms with Gasteiger partial charge in [-0.2, -0.15) is 0 Å². The summed E-state index contributed by atoms with van der Waals surface area (Å²) >= 11 is 11.8. The molecule has 0 bridgehead atoms. The number of aromatic hydroxyl groups is 1. The van der Waals surface area contributed by atoms with E-state index < -0.39 is 0 Å². The standard InChI is InChI=1S/C15H13Cl2NO2/c1-8-4-14(19)9(2)3-13(8)18-15(20)10-5-11(16)7-12(17)6-10/h3-7,19H,1-2H3,(H,18,20). The fourth-order valence-electron chi connectivity index (χ4n) is 1.82. The highest BCUT2D eigenvalue weighted by Crippen LogP contribution is 2.26. The zero-order valence-electron chi connectivity index (χ0n) is 11.0. The average Bonchev–Trinajstić information content (AvgIpc) is 2.34. The molecule has 1 amide bonds. The summed E-state index contributed by atoms with van der Waals surface area (Å²) in [6.07, 6.45) is 0. The van der Waals surface area contributed by atoms with E-state index in [1.807, 2.05) is 0 Å². The van der Waals surface area contributed by atoms with Crippen LogP contribution in [0.2, 0.25) is 10.0 Å². The molecule has 0 aliphatic rings.